The lowest BCUT2D eigenvalue weighted by Gasteiger charge is -2.47. The SMILES string of the molecule is CC(CCCC(C)(O)CCCC(C)(O)CCCC1(C)CCC2C=CC(C)C(C)C2O1)C(=O)[O-]. The average molecular weight is 466 g/mol. The summed E-state index contributed by atoms with van der Waals surface area (Å²) in [5, 5.41) is 32.3. The Kier molecular flexibility index (Phi) is 10.0. The van der Waals surface area contributed by atoms with Gasteiger partial charge in [0.1, 0.15) is 0 Å². The molecule has 0 amide bonds. The minimum absolute atomic E-state index is 0.108. The van der Waals surface area contributed by atoms with Crippen LogP contribution < -0.4 is 5.11 Å². The Balaban J connectivity index is 1.70. The van der Waals surface area contributed by atoms with Gasteiger partial charge in [0.2, 0.25) is 0 Å². The van der Waals surface area contributed by atoms with Gasteiger partial charge in [-0.15, -0.1) is 0 Å². The van der Waals surface area contributed by atoms with Gasteiger partial charge < -0.3 is 24.9 Å². The van der Waals surface area contributed by atoms with Gasteiger partial charge in [-0.3, -0.25) is 0 Å². The lowest BCUT2D eigenvalue weighted by atomic mass is 9.72. The van der Waals surface area contributed by atoms with Crippen molar-refractivity contribution in [3.05, 3.63) is 12.2 Å². The molecule has 1 aliphatic heterocycles. The van der Waals surface area contributed by atoms with E-state index in [1.165, 1.54) is 6.42 Å². The third kappa shape index (κ3) is 8.99. The summed E-state index contributed by atoms with van der Waals surface area (Å²) in [6.07, 6.45) is 13.6. The van der Waals surface area contributed by atoms with E-state index in [1.54, 1.807) is 6.92 Å². The molecule has 2 N–H and O–H groups in total. The molecule has 1 aliphatic carbocycles. The Hall–Kier alpha value is -0.910. The third-order valence-electron chi connectivity index (χ3n) is 8.47. The van der Waals surface area contributed by atoms with Gasteiger partial charge in [-0.2, -0.15) is 0 Å². The summed E-state index contributed by atoms with van der Waals surface area (Å²) in [5.74, 6) is 0.133. The highest BCUT2D eigenvalue weighted by atomic mass is 16.5. The highest BCUT2D eigenvalue weighted by molar-refractivity contribution is 5.66. The minimum atomic E-state index is -1.03. The molecule has 0 spiro atoms. The first-order chi connectivity index (χ1) is 15.2. The number of carboxylic acids is 1. The van der Waals surface area contributed by atoms with Crippen molar-refractivity contribution in [2.75, 3.05) is 0 Å². The summed E-state index contributed by atoms with van der Waals surface area (Å²) >= 11 is 0. The van der Waals surface area contributed by atoms with Crippen LogP contribution in [-0.2, 0) is 9.53 Å². The molecule has 192 valence electrons. The third-order valence-corrected chi connectivity index (χ3v) is 8.47. The minimum Gasteiger partial charge on any atom is -0.550 e. The number of carbonyl (C=O) groups excluding carboxylic acids is 1. The summed E-state index contributed by atoms with van der Waals surface area (Å²) in [6.45, 7) is 12.2. The van der Waals surface area contributed by atoms with Crippen molar-refractivity contribution in [1.29, 1.82) is 0 Å². The van der Waals surface area contributed by atoms with Crippen LogP contribution in [0.25, 0.3) is 0 Å². The predicted octanol–water partition coefficient (Wildman–Crippen LogP) is 4.78. The monoisotopic (exact) mass is 465 g/mol. The molecular formula is C28H49O5-. The largest absolute Gasteiger partial charge is 0.550 e. The second kappa shape index (κ2) is 11.7. The van der Waals surface area contributed by atoms with Gasteiger partial charge in [0, 0.05) is 11.9 Å². The van der Waals surface area contributed by atoms with E-state index in [-0.39, 0.29) is 5.60 Å². The number of fused-ring (bicyclic) bond motifs is 1. The zero-order valence-electron chi connectivity index (χ0n) is 21.9. The maximum atomic E-state index is 10.9. The maximum Gasteiger partial charge on any atom is 0.0676 e. The maximum absolute atomic E-state index is 10.9. The van der Waals surface area contributed by atoms with Crippen molar-refractivity contribution in [3.8, 4) is 0 Å². The first-order valence-corrected chi connectivity index (χ1v) is 13.3. The van der Waals surface area contributed by atoms with Gasteiger partial charge in [-0.25, -0.2) is 0 Å². The van der Waals surface area contributed by atoms with E-state index in [9.17, 15) is 20.1 Å². The lowest BCUT2D eigenvalue weighted by Crippen LogP contribution is -2.48. The molecule has 1 fully saturated rings. The quantitative estimate of drug-likeness (QED) is 0.382. The zero-order chi connectivity index (χ0) is 24.9. The molecule has 2 aliphatic rings. The molecule has 0 aromatic rings. The second-order valence-electron chi connectivity index (χ2n) is 12.2. The summed E-state index contributed by atoms with van der Waals surface area (Å²) in [7, 11) is 0. The van der Waals surface area contributed by atoms with Crippen LogP contribution in [0, 0.1) is 23.7 Å². The molecule has 0 aromatic carbocycles. The summed E-state index contributed by atoms with van der Waals surface area (Å²) in [4.78, 5) is 10.8. The van der Waals surface area contributed by atoms with Gasteiger partial charge in [0.25, 0.3) is 0 Å². The number of allylic oxidation sites excluding steroid dienone is 1. The van der Waals surface area contributed by atoms with Crippen LogP contribution in [0.5, 0.6) is 0 Å². The molecule has 8 atom stereocenters. The normalized spacial score (nSPS) is 34.2. The summed E-state index contributed by atoms with van der Waals surface area (Å²) < 4.78 is 6.66. The Morgan fingerprint density at radius 3 is 2.27 bits per heavy atom. The highest BCUT2D eigenvalue weighted by Crippen LogP contribution is 2.43. The second-order valence-corrected chi connectivity index (χ2v) is 12.2. The van der Waals surface area contributed by atoms with Crippen LogP contribution in [0.2, 0.25) is 0 Å². The molecule has 0 aromatic heterocycles. The zero-order valence-corrected chi connectivity index (χ0v) is 21.9. The van der Waals surface area contributed by atoms with E-state index in [0.717, 1.165) is 32.1 Å². The Labute approximate surface area is 202 Å². The van der Waals surface area contributed by atoms with Crippen molar-refractivity contribution >= 4 is 5.97 Å². The van der Waals surface area contributed by atoms with Crippen LogP contribution in [0.3, 0.4) is 0 Å². The standard InChI is InChI=1S/C28H50O5/c1-20-11-12-23-13-19-28(6,33-24(23)22(20)3)18-9-17-27(5,32)16-8-15-26(4,31)14-7-10-21(2)25(29)30/h11-12,20-24,31-32H,7-10,13-19H2,1-6H3,(H,29,30)/p-1. The first-order valence-electron chi connectivity index (χ1n) is 13.3. The molecule has 5 nitrogen and oxygen atoms in total. The molecule has 8 unspecified atom stereocenters. The predicted molar refractivity (Wildman–Crippen MR) is 130 cm³/mol. The van der Waals surface area contributed by atoms with Crippen molar-refractivity contribution in [1.82, 2.24) is 0 Å². The Morgan fingerprint density at radius 1 is 1.09 bits per heavy atom. The van der Waals surface area contributed by atoms with Gasteiger partial charge >= 0.3 is 0 Å². The van der Waals surface area contributed by atoms with Crippen LogP contribution in [-0.4, -0.2) is 39.1 Å². The molecule has 0 radical (unpaired) electrons. The molecule has 1 heterocycles. The lowest BCUT2D eigenvalue weighted by molar-refractivity contribution is -0.311. The first kappa shape index (κ1) is 28.3. The number of carboxylic acid groups (broad SMARTS) is 1. The number of aliphatic hydroxyl groups is 2. The number of ether oxygens (including phenoxy) is 1. The van der Waals surface area contributed by atoms with Crippen LogP contribution in [0.15, 0.2) is 12.2 Å². The topological polar surface area (TPSA) is 89.8 Å². The van der Waals surface area contributed by atoms with Crippen molar-refractivity contribution in [3.63, 3.8) is 0 Å². The Morgan fingerprint density at radius 2 is 1.67 bits per heavy atom. The number of aliphatic carboxylic acids is 1. The van der Waals surface area contributed by atoms with E-state index in [0.29, 0.717) is 56.0 Å². The Bertz CT molecular complexity index is 655. The smallest absolute Gasteiger partial charge is 0.0676 e. The number of hydrogen-bond acceptors (Lipinski definition) is 5. The van der Waals surface area contributed by atoms with Crippen molar-refractivity contribution in [2.45, 2.75) is 135 Å². The number of hydrogen-bond donors (Lipinski definition) is 2. The van der Waals surface area contributed by atoms with Crippen LogP contribution >= 0.6 is 0 Å². The van der Waals surface area contributed by atoms with Crippen LogP contribution in [0.4, 0.5) is 0 Å². The van der Waals surface area contributed by atoms with E-state index < -0.39 is 23.1 Å². The summed E-state index contributed by atoms with van der Waals surface area (Å²) in [6, 6.07) is 0. The highest BCUT2D eigenvalue weighted by Gasteiger charge is 2.42. The van der Waals surface area contributed by atoms with Crippen molar-refractivity contribution in [2.24, 2.45) is 23.7 Å². The molecule has 0 bridgehead atoms. The number of rotatable bonds is 13. The van der Waals surface area contributed by atoms with E-state index >= 15 is 0 Å². The van der Waals surface area contributed by atoms with Gasteiger partial charge in [0.15, 0.2) is 0 Å². The van der Waals surface area contributed by atoms with Gasteiger partial charge in [-0.05, 0) is 109 Å². The molecule has 2 rings (SSSR count). The molecule has 5 heteroatoms. The molecule has 0 saturated carbocycles. The fraction of sp³-hybridized carbons (Fsp3) is 0.893. The average Bonchev–Trinajstić information content (AvgIpc) is 2.70. The van der Waals surface area contributed by atoms with E-state index in [1.807, 2.05) is 13.8 Å². The fourth-order valence-electron chi connectivity index (χ4n) is 5.64. The fourth-order valence-corrected chi connectivity index (χ4v) is 5.64. The summed E-state index contributed by atoms with van der Waals surface area (Å²) in [5.41, 5.74) is -1.69. The van der Waals surface area contributed by atoms with Gasteiger partial charge in [-0.1, -0.05) is 32.9 Å². The van der Waals surface area contributed by atoms with E-state index in [2.05, 4.69) is 32.9 Å². The van der Waals surface area contributed by atoms with Crippen LogP contribution in [0.1, 0.15) is 112 Å². The number of carbonyl (C=O) groups is 1. The molecule has 33 heavy (non-hydrogen) atoms. The van der Waals surface area contributed by atoms with Gasteiger partial charge in [0.05, 0.1) is 22.9 Å². The molecule has 1 saturated heterocycles. The van der Waals surface area contributed by atoms with Crippen molar-refractivity contribution < 1.29 is 24.9 Å². The van der Waals surface area contributed by atoms with E-state index in [4.69, 9.17) is 4.74 Å². The molecular weight excluding hydrogens is 416 g/mol.